The lowest BCUT2D eigenvalue weighted by atomic mass is 10.1. The number of phenols is 2. The van der Waals surface area contributed by atoms with Crippen LogP contribution in [0.3, 0.4) is 0 Å². The van der Waals surface area contributed by atoms with Gasteiger partial charge < -0.3 is 25.4 Å². The van der Waals surface area contributed by atoms with Gasteiger partial charge >= 0.3 is 6.09 Å². The van der Waals surface area contributed by atoms with E-state index in [1.165, 1.54) is 43.3 Å². The van der Waals surface area contributed by atoms with Gasteiger partial charge in [0.2, 0.25) is 0 Å². The number of amides is 1. The lowest BCUT2D eigenvalue weighted by Gasteiger charge is -2.16. The number of carbonyl (C=O) groups is 1. The number of nitro groups is 1. The normalized spacial score (nSPS) is 12.8. The average Bonchev–Trinajstić information content (AvgIpc) is 2.61. The number of benzene rings is 2. The van der Waals surface area contributed by atoms with Gasteiger partial charge in [-0.15, -0.1) is 0 Å². The standard InChI is InChI=1S/C17H18N2O7/c1-10(12-4-2-3-5-13(12)19(24)25)26-17(23)18-9-16(22)11-6-7-14(20)15(21)8-11/h2-8,10,16,20-22H,9H2,1H3,(H,18,23)/t10-,16-/m0/s1. The summed E-state index contributed by atoms with van der Waals surface area (Å²) in [4.78, 5) is 22.3. The summed E-state index contributed by atoms with van der Waals surface area (Å²) in [5.41, 5.74) is 0.372. The largest absolute Gasteiger partial charge is 0.504 e. The van der Waals surface area contributed by atoms with Crippen molar-refractivity contribution in [1.29, 1.82) is 0 Å². The number of rotatable bonds is 6. The zero-order valence-electron chi connectivity index (χ0n) is 13.8. The van der Waals surface area contributed by atoms with Gasteiger partial charge in [0.25, 0.3) is 5.69 Å². The summed E-state index contributed by atoms with van der Waals surface area (Å²) in [6.45, 7) is 1.28. The maximum atomic E-state index is 11.9. The number of nitrogens with one attached hydrogen (secondary N) is 1. The number of nitro benzene ring substituents is 1. The Bertz CT molecular complexity index is 809. The number of nitrogens with zero attached hydrogens (tertiary/aromatic N) is 1. The molecule has 0 fully saturated rings. The molecular weight excluding hydrogens is 344 g/mol. The third-order valence-corrected chi connectivity index (χ3v) is 3.68. The third-order valence-electron chi connectivity index (χ3n) is 3.68. The Morgan fingerprint density at radius 3 is 2.58 bits per heavy atom. The van der Waals surface area contributed by atoms with Gasteiger partial charge in [-0.25, -0.2) is 4.79 Å². The highest BCUT2D eigenvalue weighted by Gasteiger charge is 2.21. The molecule has 9 heteroatoms. The monoisotopic (exact) mass is 362 g/mol. The number of aliphatic hydroxyl groups is 1. The zero-order chi connectivity index (χ0) is 19.3. The summed E-state index contributed by atoms with van der Waals surface area (Å²) < 4.78 is 5.10. The van der Waals surface area contributed by atoms with Gasteiger partial charge in [-0.2, -0.15) is 0 Å². The van der Waals surface area contributed by atoms with E-state index in [9.17, 15) is 30.2 Å². The van der Waals surface area contributed by atoms with Crippen LogP contribution in [0.15, 0.2) is 42.5 Å². The molecule has 0 bridgehead atoms. The predicted octanol–water partition coefficient (Wildman–Crippen LogP) is 2.53. The van der Waals surface area contributed by atoms with E-state index in [2.05, 4.69) is 5.32 Å². The first-order valence-electron chi connectivity index (χ1n) is 7.67. The number of alkyl carbamates (subject to hydrolysis) is 1. The van der Waals surface area contributed by atoms with Gasteiger partial charge in [0.05, 0.1) is 23.1 Å². The topological polar surface area (TPSA) is 142 Å². The molecule has 2 aromatic rings. The second-order valence-corrected chi connectivity index (χ2v) is 5.51. The maximum absolute atomic E-state index is 11.9. The number of hydrogen-bond acceptors (Lipinski definition) is 7. The Hall–Kier alpha value is -3.33. The second kappa shape index (κ2) is 8.17. The highest BCUT2D eigenvalue weighted by Crippen LogP contribution is 2.28. The van der Waals surface area contributed by atoms with E-state index in [1.54, 1.807) is 6.07 Å². The van der Waals surface area contributed by atoms with Crippen LogP contribution in [0.1, 0.15) is 30.3 Å². The molecule has 0 aliphatic carbocycles. The van der Waals surface area contributed by atoms with Crippen LogP contribution in [-0.2, 0) is 4.74 Å². The number of aromatic hydroxyl groups is 2. The minimum atomic E-state index is -1.14. The molecule has 0 heterocycles. The highest BCUT2D eigenvalue weighted by atomic mass is 16.6. The number of hydrogen-bond donors (Lipinski definition) is 4. The van der Waals surface area contributed by atoms with E-state index in [-0.39, 0.29) is 29.1 Å². The summed E-state index contributed by atoms with van der Waals surface area (Å²) in [7, 11) is 0. The fraction of sp³-hybridized carbons (Fsp3) is 0.235. The summed E-state index contributed by atoms with van der Waals surface area (Å²) in [5, 5.41) is 42.0. The minimum absolute atomic E-state index is 0.160. The molecule has 0 spiro atoms. The van der Waals surface area contributed by atoms with Crippen molar-refractivity contribution in [2.75, 3.05) is 6.54 Å². The van der Waals surface area contributed by atoms with Crippen molar-refractivity contribution in [3.05, 3.63) is 63.7 Å². The third kappa shape index (κ3) is 4.61. The van der Waals surface area contributed by atoms with Crippen molar-refractivity contribution in [2.24, 2.45) is 0 Å². The molecule has 2 aromatic carbocycles. The van der Waals surface area contributed by atoms with Crippen molar-refractivity contribution in [1.82, 2.24) is 5.32 Å². The number of carbonyl (C=O) groups excluding carboxylic acids is 1. The predicted molar refractivity (Wildman–Crippen MR) is 90.7 cm³/mol. The number of aliphatic hydroxyl groups excluding tert-OH is 1. The molecule has 0 radical (unpaired) electrons. The fourth-order valence-electron chi connectivity index (χ4n) is 2.31. The van der Waals surface area contributed by atoms with Crippen LogP contribution < -0.4 is 5.32 Å². The molecule has 9 nitrogen and oxygen atoms in total. The molecule has 0 saturated heterocycles. The quantitative estimate of drug-likeness (QED) is 0.351. The molecular formula is C17H18N2O7. The highest BCUT2D eigenvalue weighted by molar-refractivity contribution is 5.67. The Morgan fingerprint density at radius 1 is 1.23 bits per heavy atom. The van der Waals surface area contributed by atoms with Crippen LogP contribution in [0.25, 0.3) is 0 Å². The first-order valence-corrected chi connectivity index (χ1v) is 7.67. The fourth-order valence-corrected chi connectivity index (χ4v) is 2.31. The Kier molecular flexibility index (Phi) is 5.97. The SMILES string of the molecule is C[C@H](OC(=O)NC[C@H](O)c1ccc(O)c(O)c1)c1ccccc1[N+](=O)[O-]. The molecule has 0 aliphatic heterocycles. The summed E-state index contributed by atoms with van der Waals surface area (Å²) in [5.74, 6) is -0.722. The first kappa shape index (κ1) is 19.0. The number of phenolic OH excluding ortho intramolecular Hbond substituents is 2. The van der Waals surface area contributed by atoms with Crippen LogP contribution in [0, 0.1) is 10.1 Å². The Balaban J connectivity index is 1.94. The molecule has 0 aliphatic rings. The maximum Gasteiger partial charge on any atom is 0.407 e. The van der Waals surface area contributed by atoms with Crippen molar-refractivity contribution >= 4 is 11.8 Å². The smallest absolute Gasteiger partial charge is 0.407 e. The summed E-state index contributed by atoms with van der Waals surface area (Å²) in [6, 6.07) is 9.69. The van der Waals surface area contributed by atoms with Crippen LogP contribution >= 0.6 is 0 Å². The minimum Gasteiger partial charge on any atom is -0.504 e. The van der Waals surface area contributed by atoms with E-state index in [1.807, 2.05) is 0 Å². The summed E-state index contributed by atoms with van der Waals surface area (Å²) >= 11 is 0. The van der Waals surface area contributed by atoms with Crippen molar-refractivity contribution in [3.63, 3.8) is 0 Å². The van der Waals surface area contributed by atoms with E-state index in [0.29, 0.717) is 0 Å². The molecule has 1 amide bonds. The molecule has 26 heavy (non-hydrogen) atoms. The molecule has 138 valence electrons. The second-order valence-electron chi connectivity index (χ2n) is 5.51. The van der Waals surface area contributed by atoms with Crippen molar-refractivity contribution in [2.45, 2.75) is 19.1 Å². The van der Waals surface area contributed by atoms with Crippen molar-refractivity contribution in [3.8, 4) is 11.5 Å². The molecule has 0 saturated carbocycles. The first-order chi connectivity index (χ1) is 12.3. The lowest BCUT2D eigenvalue weighted by Crippen LogP contribution is -2.29. The van der Waals surface area contributed by atoms with E-state index < -0.39 is 29.0 Å². The van der Waals surface area contributed by atoms with Crippen LogP contribution in [-0.4, -0.2) is 32.9 Å². The van der Waals surface area contributed by atoms with Gasteiger partial charge in [-0.1, -0.05) is 18.2 Å². The number of ether oxygens (including phenoxy) is 1. The van der Waals surface area contributed by atoms with Gasteiger partial charge in [-0.05, 0) is 30.7 Å². The summed E-state index contributed by atoms with van der Waals surface area (Å²) in [6.07, 6.45) is -2.88. The van der Waals surface area contributed by atoms with Gasteiger partial charge in [0.15, 0.2) is 11.5 Å². The Labute approximate surface area is 148 Å². The van der Waals surface area contributed by atoms with Crippen molar-refractivity contribution < 1.29 is 29.8 Å². The molecule has 4 N–H and O–H groups in total. The zero-order valence-corrected chi connectivity index (χ0v) is 13.8. The van der Waals surface area contributed by atoms with Crippen LogP contribution in [0.5, 0.6) is 11.5 Å². The molecule has 0 unspecified atom stereocenters. The van der Waals surface area contributed by atoms with E-state index in [0.717, 1.165) is 0 Å². The average molecular weight is 362 g/mol. The van der Waals surface area contributed by atoms with E-state index in [4.69, 9.17) is 4.74 Å². The van der Waals surface area contributed by atoms with Crippen LogP contribution in [0.2, 0.25) is 0 Å². The van der Waals surface area contributed by atoms with Gasteiger partial charge in [0, 0.05) is 6.07 Å². The lowest BCUT2D eigenvalue weighted by molar-refractivity contribution is -0.386. The number of para-hydroxylation sites is 1. The van der Waals surface area contributed by atoms with Gasteiger partial charge in [-0.3, -0.25) is 10.1 Å². The molecule has 0 aromatic heterocycles. The van der Waals surface area contributed by atoms with Gasteiger partial charge in [0.1, 0.15) is 6.10 Å². The van der Waals surface area contributed by atoms with E-state index >= 15 is 0 Å². The van der Waals surface area contributed by atoms with Crippen LogP contribution in [0.4, 0.5) is 10.5 Å². The molecule has 2 rings (SSSR count). The molecule has 2 atom stereocenters. The Morgan fingerprint density at radius 2 is 1.92 bits per heavy atom.